The third kappa shape index (κ3) is 1.78. The van der Waals surface area contributed by atoms with Crippen LogP contribution in [-0.4, -0.2) is 9.78 Å². The first-order valence-electron chi connectivity index (χ1n) is 5.20. The Morgan fingerprint density at radius 3 is 2.56 bits per heavy atom. The fourth-order valence-corrected chi connectivity index (χ4v) is 1.51. The predicted octanol–water partition coefficient (Wildman–Crippen LogP) is 2.72. The molecule has 3 nitrogen and oxygen atoms in total. The molecule has 2 aromatic rings. The highest BCUT2D eigenvalue weighted by Gasteiger charge is 2.11. The molecule has 0 aliphatic heterocycles. The monoisotopic (exact) mass is 219 g/mol. The van der Waals surface area contributed by atoms with Crippen LogP contribution < -0.4 is 5.73 Å². The Morgan fingerprint density at radius 1 is 1.31 bits per heavy atom. The summed E-state index contributed by atoms with van der Waals surface area (Å²) in [5, 5.41) is 4.29. The number of rotatable bonds is 2. The van der Waals surface area contributed by atoms with Crippen molar-refractivity contribution in [1.82, 2.24) is 9.78 Å². The van der Waals surface area contributed by atoms with Crippen molar-refractivity contribution in [1.29, 1.82) is 0 Å². The van der Waals surface area contributed by atoms with Crippen LogP contribution in [0.1, 0.15) is 25.5 Å². The maximum Gasteiger partial charge on any atom is 0.148 e. The zero-order valence-corrected chi connectivity index (χ0v) is 9.31. The van der Waals surface area contributed by atoms with Gasteiger partial charge in [-0.25, -0.2) is 9.07 Å². The van der Waals surface area contributed by atoms with Gasteiger partial charge in [-0.2, -0.15) is 5.10 Å². The third-order valence-corrected chi connectivity index (χ3v) is 2.43. The van der Waals surface area contributed by atoms with Gasteiger partial charge in [0, 0.05) is 6.07 Å². The van der Waals surface area contributed by atoms with Crippen molar-refractivity contribution < 1.29 is 4.39 Å². The van der Waals surface area contributed by atoms with E-state index in [1.54, 1.807) is 24.3 Å². The summed E-state index contributed by atoms with van der Waals surface area (Å²) in [6.07, 6.45) is 0. The van der Waals surface area contributed by atoms with Gasteiger partial charge in [0.1, 0.15) is 17.3 Å². The number of halogens is 1. The zero-order valence-electron chi connectivity index (χ0n) is 9.31. The van der Waals surface area contributed by atoms with Crippen LogP contribution in [0.2, 0.25) is 0 Å². The Bertz CT molecular complexity index is 503. The summed E-state index contributed by atoms with van der Waals surface area (Å²) in [7, 11) is 0. The first-order chi connectivity index (χ1) is 7.59. The molecular formula is C12H14FN3. The van der Waals surface area contributed by atoms with E-state index in [1.165, 1.54) is 10.7 Å². The molecular weight excluding hydrogens is 205 g/mol. The number of nitrogen functional groups attached to an aromatic ring is 1. The van der Waals surface area contributed by atoms with E-state index in [2.05, 4.69) is 5.10 Å². The van der Waals surface area contributed by atoms with E-state index in [-0.39, 0.29) is 11.7 Å². The molecule has 0 aliphatic carbocycles. The number of hydrogen-bond acceptors (Lipinski definition) is 2. The smallest absolute Gasteiger partial charge is 0.148 e. The van der Waals surface area contributed by atoms with Crippen LogP contribution in [0, 0.1) is 5.82 Å². The molecule has 0 saturated carbocycles. The van der Waals surface area contributed by atoms with E-state index in [1.807, 2.05) is 13.8 Å². The van der Waals surface area contributed by atoms with Crippen molar-refractivity contribution in [2.24, 2.45) is 0 Å². The number of nitrogens with two attached hydrogens (primary N) is 1. The molecule has 0 aliphatic rings. The van der Waals surface area contributed by atoms with Crippen molar-refractivity contribution >= 4 is 5.82 Å². The summed E-state index contributed by atoms with van der Waals surface area (Å²) in [5.74, 6) is 0.400. The molecule has 0 fully saturated rings. The van der Waals surface area contributed by atoms with Crippen LogP contribution in [0.3, 0.4) is 0 Å². The van der Waals surface area contributed by atoms with Gasteiger partial charge in [-0.1, -0.05) is 26.0 Å². The Hall–Kier alpha value is -1.84. The van der Waals surface area contributed by atoms with Crippen molar-refractivity contribution in [2.75, 3.05) is 5.73 Å². The first kappa shape index (κ1) is 10.7. The van der Waals surface area contributed by atoms with Crippen molar-refractivity contribution in [3.05, 3.63) is 41.8 Å². The molecule has 0 spiro atoms. The summed E-state index contributed by atoms with van der Waals surface area (Å²) in [4.78, 5) is 0. The molecule has 0 saturated heterocycles. The Balaban J connectivity index is 2.52. The second kappa shape index (κ2) is 3.96. The molecule has 0 atom stereocenters. The summed E-state index contributed by atoms with van der Waals surface area (Å²) < 4.78 is 15.0. The molecule has 1 aromatic heterocycles. The molecule has 1 aromatic carbocycles. The average Bonchev–Trinajstić information content (AvgIpc) is 2.61. The van der Waals surface area contributed by atoms with Crippen LogP contribution in [0.25, 0.3) is 5.69 Å². The van der Waals surface area contributed by atoms with E-state index in [9.17, 15) is 4.39 Å². The van der Waals surface area contributed by atoms with E-state index < -0.39 is 0 Å². The second-order valence-corrected chi connectivity index (χ2v) is 4.01. The van der Waals surface area contributed by atoms with Crippen LogP contribution in [0.15, 0.2) is 30.3 Å². The van der Waals surface area contributed by atoms with E-state index in [0.717, 1.165) is 5.69 Å². The van der Waals surface area contributed by atoms with Gasteiger partial charge in [0.25, 0.3) is 0 Å². The highest BCUT2D eigenvalue weighted by Crippen LogP contribution is 2.21. The van der Waals surface area contributed by atoms with Gasteiger partial charge in [-0.3, -0.25) is 0 Å². The van der Waals surface area contributed by atoms with E-state index in [4.69, 9.17) is 5.73 Å². The van der Waals surface area contributed by atoms with Crippen LogP contribution >= 0.6 is 0 Å². The number of para-hydroxylation sites is 1. The predicted molar refractivity (Wildman–Crippen MR) is 62.0 cm³/mol. The van der Waals surface area contributed by atoms with Gasteiger partial charge in [0.05, 0.1) is 5.69 Å². The number of benzene rings is 1. The van der Waals surface area contributed by atoms with Crippen molar-refractivity contribution in [3.8, 4) is 5.69 Å². The van der Waals surface area contributed by atoms with Gasteiger partial charge >= 0.3 is 0 Å². The number of hydrogen-bond donors (Lipinski definition) is 1. The normalized spacial score (nSPS) is 11.0. The fraction of sp³-hybridized carbons (Fsp3) is 0.250. The quantitative estimate of drug-likeness (QED) is 0.844. The molecule has 2 rings (SSSR count). The van der Waals surface area contributed by atoms with Crippen LogP contribution in [0.4, 0.5) is 10.2 Å². The highest BCUT2D eigenvalue weighted by atomic mass is 19.1. The SMILES string of the molecule is CC(C)c1cc(N)n(-c2ccccc2F)n1. The lowest BCUT2D eigenvalue weighted by Crippen LogP contribution is -2.04. The number of aromatic nitrogens is 2. The third-order valence-electron chi connectivity index (χ3n) is 2.43. The topological polar surface area (TPSA) is 43.8 Å². The molecule has 0 radical (unpaired) electrons. The highest BCUT2D eigenvalue weighted by molar-refractivity contribution is 5.44. The van der Waals surface area contributed by atoms with Gasteiger partial charge in [0.15, 0.2) is 0 Å². The van der Waals surface area contributed by atoms with Crippen LogP contribution in [-0.2, 0) is 0 Å². The standard InChI is InChI=1S/C12H14FN3/c1-8(2)10-7-12(14)16(15-10)11-6-4-3-5-9(11)13/h3-8H,14H2,1-2H3. The number of nitrogens with zero attached hydrogens (tertiary/aromatic N) is 2. The van der Waals surface area contributed by atoms with Crippen molar-refractivity contribution in [2.45, 2.75) is 19.8 Å². The molecule has 0 amide bonds. The van der Waals surface area contributed by atoms with Gasteiger partial charge in [-0.05, 0) is 18.1 Å². The van der Waals surface area contributed by atoms with Crippen molar-refractivity contribution in [3.63, 3.8) is 0 Å². The largest absolute Gasteiger partial charge is 0.384 e. The minimum atomic E-state index is -0.326. The number of anilines is 1. The van der Waals surface area contributed by atoms with Gasteiger partial charge in [-0.15, -0.1) is 0 Å². The molecule has 1 heterocycles. The Morgan fingerprint density at radius 2 is 2.00 bits per heavy atom. The summed E-state index contributed by atoms with van der Waals surface area (Å²) in [6, 6.07) is 8.22. The molecule has 4 heteroatoms. The van der Waals surface area contributed by atoms with E-state index in [0.29, 0.717) is 11.5 Å². The maximum atomic E-state index is 13.5. The fourth-order valence-electron chi connectivity index (χ4n) is 1.51. The second-order valence-electron chi connectivity index (χ2n) is 4.01. The average molecular weight is 219 g/mol. The van der Waals surface area contributed by atoms with Gasteiger partial charge < -0.3 is 5.73 Å². The Labute approximate surface area is 93.7 Å². The minimum Gasteiger partial charge on any atom is -0.384 e. The lowest BCUT2D eigenvalue weighted by molar-refractivity contribution is 0.609. The lowest BCUT2D eigenvalue weighted by Gasteiger charge is -2.04. The first-order valence-corrected chi connectivity index (χ1v) is 5.20. The Kier molecular flexibility index (Phi) is 2.64. The lowest BCUT2D eigenvalue weighted by atomic mass is 10.1. The summed E-state index contributed by atoms with van der Waals surface area (Å²) in [6.45, 7) is 4.04. The van der Waals surface area contributed by atoms with Gasteiger partial charge in [0.2, 0.25) is 0 Å². The van der Waals surface area contributed by atoms with E-state index >= 15 is 0 Å². The summed E-state index contributed by atoms with van der Waals surface area (Å²) in [5.41, 5.74) is 7.06. The summed E-state index contributed by atoms with van der Waals surface area (Å²) >= 11 is 0. The maximum absolute atomic E-state index is 13.5. The van der Waals surface area contributed by atoms with Crippen LogP contribution in [0.5, 0.6) is 0 Å². The molecule has 84 valence electrons. The minimum absolute atomic E-state index is 0.273. The molecule has 0 bridgehead atoms. The molecule has 2 N–H and O–H groups in total. The zero-order chi connectivity index (χ0) is 11.7. The molecule has 16 heavy (non-hydrogen) atoms. The molecule has 0 unspecified atom stereocenters.